The summed E-state index contributed by atoms with van der Waals surface area (Å²) in [5.74, 6) is 0.841. The molecule has 0 radical (unpaired) electrons. The third-order valence-electron chi connectivity index (χ3n) is 3.70. The average molecular weight is 474 g/mol. The minimum Gasteiger partial charge on any atom is -0.489 e. The van der Waals surface area contributed by atoms with Gasteiger partial charge < -0.3 is 10.2 Å². The van der Waals surface area contributed by atoms with E-state index >= 15 is 0 Å². The summed E-state index contributed by atoms with van der Waals surface area (Å²) in [6.45, 7) is 1.24. The second kappa shape index (κ2) is 9.55. The van der Waals surface area contributed by atoms with Crippen molar-refractivity contribution >= 4 is 38.1 Å². The normalized spacial score (nSPS) is 10.8. The Kier molecular flexibility index (Phi) is 6.86. The molecule has 0 aliphatic carbocycles. The van der Waals surface area contributed by atoms with Crippen LogP contribution in [0.3, 0.4) is 0 Å². The molecule has 0 saturated heterocycles. The lowest BCUT2D eigenvalue weighted by atomic mass is 10.2. The lowest BCUT2D eigenvalue weighted by molar-refractivity contribution is 0.306. The molecule has 3 aromatic carbocycles. The van der Waals surface area contributed by atoms with Crippen LogP contribution in [0, 0.1) is 0 Å². The molecular weight excluding hydrogens is 456 g/mol. The summed E-state index contributed by atoms with van der Waals surface area (Å²) in [6, 6.07) is 24.2. The van der Waals surface area contributed by atoms with Gasteiger partial charge in [0.1, 0.15) is 12.4 Å². The van der Waals surface area contributed by atoms with Gasteiger partial charge in [0.2, 0.25) is 0 Å². The van der Waals surface area contributed by atoms with Crippen LogP contribution >= 0.6 is 31.9 Å². The fourth-order valence-electron chi connectivity index (χ4n) is 2.26. The van der Waals surface area contributed by atoms with Gasteiger partial charge in [0, 0.05) is 8.95 Å². The summed E-state index contributed by atoms with van der Waals surface area (Å²) in [5.41, 5.74) is 6.39. The first-order valence-electron chi connectivity index (χ1n) is 8.17. The Balaban J connectivity index is 1.46. The first-order valence-corrected chi connectivity index (χ1v) is 9.75. The molecule has 26 heavy (non-hydrogen) atoms. The number of ether oxygens (including phenoxy) is 1. The third-order valence-corrected chi connectivity index (χ3v) is 4.76. The number of halogens is 2. The molecule has 0 fully saturated rings. The highest BCUT2D eigenvalue weighted by Crippen LogP contribution is 2.15. The van der Waals surface area contributed by atoms with E-state index in [9.17, 15) is 0 Å². The molecule has 3 aromatic rings. The highest BCUT2D eigenvalue weighted by molar-refractivity contribution is 9.10. The smallest absolute Gasteiger partial charge is 0.119 e. The zero-order valence-electron chi connectivity index (χ0n) is 14.0. The standard InChI is InChI=1S/C21H18Br2N2O/c22-19-7-1-16(2-8-19)13-24-25-14-17-5-11-21(12-6-17)26-15-18-3-9-20(23)10-4-18/h1-12,14,24H,13,15H2/b25-14+. The van der Waals surface area contributed by atoms with Crippen LogP contribution in [0.2, 0.25) is 0 Å². The number of benzene rings is 3. The lowest BCUT2D eigenvalue weighted by Crippen LogP contribution is -2.05. The maximum Gasteiger partial charge on any atom is 0.119 e. The third kappa shape index (κ3) is 6.00. The van der Waals surface area contributed by atoms with Gasteiger partial charge in [-0.25, -0.2) is 0 Å². The van der Waals surface area contributed by atoms with Crippen molar-refractivity contribution < 1.29 is 4.74 Å². The Morgan fingerprint density at radius 3 is 1.96 bits per heavy atom. The quantitative estimate of drug-likeness (QED) is 0.341. The molecule has 0 aliphatic heterocycles. The molecule has 0 unspecified atom stereocenters. The second-order valence-electron chi connectivity index (χ2n) is 5.70. The molecule has 0 atom stereocenters. The molecule has 0 spiro atoms. The molecular formula is C21H18Br2N2O. The van der Waals surface area contributed by atoms with E-state index in [0.29, 0.717) is 13.2 Å². The van der Waals surface area contributed by atoms with E-state index in [1.165, 1.54) is 5.56 Å². The van der Waals surface area contributed by atoms with E-state index in [1.54, 1.807) is 6.21 Å². The number of hydrogen-bond acceptors (Lipinski definition) is 3. The van der Waals surface area contributed by atoms with E-state index in [0.717, 1.165) is 25.8 Å². The molecule has 0 bridgehead atoms. The predicted molar refractivity (Wildman–Crippen MR) is 113 cm³/mol. The van der Waals surface area contributed by atoms with Gasteiger partial charge in [0.05, 0.1) is 12.8 Å². The first-order chi connectivity index (χ1) is 12.7. The van der Waals surface area contributed by atoms with Gasteiger partial charge in [0.15, 0.2) is 0 Å². The molecule has 0 aromatic heterocycles. The van der Waals surface area contributed by atoms with Crippen LogP contribution in [0.5, 0.6) is 5.75 Å². The number of nitrogens with one attached hydrogen (secondary N) is 1. The van der Waals surface area contributed by atoms with Gasteiger partial charge in [-0.15, -0.1) is 0 Å². The Morgan fingerprint density at radius 1 is 0.769 bits per heavy atom. The number of nitrogens with zero attached hydrogens (tertiary/aromatic N) is 1. The van der Waals surface area contributed by atoms with Crippen molar-refractivity contribution in [2.75, 3.05) is 0 Å². The van der Waals surface area contributed by atoms with Gasteiger partial charge in [-0.05, 0) is 65.2 Å². The molecule has 3 rings (SSSR count). The molecule has 132 valence electrons. The number of hydrazone groups is 1. The monoisotopic (exact) mass is 472 g/mol. The highest BCUT2D eigenvalue weighted by Gasteiger charge is 1.97. The van der Waals surface area contributed by atoms with Gasteiger partial charge in [-0.1, -0.05) is 56.1 Å². The van der Waals surface area contributed by atoms with Crippen LogP contribution in [0.4, 0.5) is 0 Å². The lowest BCUT2D eigenvalue weighted by Gasteiger charge is -2.06. The highest BCUT2D eigenvalue weighted by atomic mass is 79.9. The van der Waals surface area contributed by atoms with Crippen LogP contribution < -0.4 is 10.2 Å². The minimum atomic E-state index is 0.551. The van der Waals surface area contributed by atoms with Gasteiger partial charge >= 0.3 is 0 Å². The Labute approximate surface area is 170 Å². The van der Waals surface area contributed by atoms with Gasteiger partial charge in [-0.2, -0.15) is 5.10 Å². The topological polar surface area (TPSA) is 33.6 Å². The second-order valence-corrected chi connectivity index (χ2v) is 7.54. The molecule has 1 N–H and O–H groups in total. The summed E-state index contributed by atoms with van der Waals surface area (Å²) < 4.78 is 7.95. The van der Waals surface area contributed by atoms with Crippen LogP contribution in [-0.4, -0.2) is 6.21 Å². The maximum atomic E-state index is 5.80. The molecule has 0 saturated carbocycles. The summed E-state index contributed by atoms with van der Waals surface area (Å²) in [5, 5.41) is 4.26. The van der Waals surface area contributed by atoms with Crippen molar-refractivity contribution in [1.82, 2.24) is 5.43 Å². The molecule has 0 amide bonds. The van der Waals surface area contributed by atoms with Crippen molar-refractivity contribution in [3.8, 4) is 5.75 Å². The Hall–Kier alpha value is -2.11. The van der Waals surface area contributed by atoms with Crippen LogP contribution in [0.1, 0.15) is 16.7 Å². The maximum absolute atomic E-state index is 5.80. The van der Waals surface area contributed by atoms with Crippen molar-refractivity contribution in [2.45, 2.75) is 13.2 Å². The number of rotatable bonds is 7. The average Bonchev–Trinajstić information content (AvgIpc) is 2.67. The summed E-state index contributed by atoms with van der Waals surface area (Å²) in [7, 11) is 0. The zero-order chi connectivity index (χ0) is 18.2. The van der Waals surface area contributed by atoms with Crippen molar-refractivity contribution in [2.24, 2.45) is 5.10 Å². The summed E-state index contributed by atoms with van der Waals surface area (Å²) >= 11 is 6.86. The van der Waals surface area contributed by atoms with E-state index in [4.69, 9.17) is 4.74 Å². The van der Waals surface area contributed by atoms with Crippen LogP contribution in [0.25, 0.3) is 0 Å². The number of hydrogen-bond donors (Lipinski definition) is 1. The van der Waals surface area contributed by atoms with E-state index in [1.807, 2.05) is 60.7 Å². The van der Waals surface area contributed by atoms with Crippen LogP contribution in [0.15, 0.2) is 86.8 Å². The molecule has 5 heteroatoms. The Morgan fingerprint density at radius 2 is 1.35 bits per heavy atom. The molecule has 0 heterocycles. The summed E-state index contributed by atoms with van der Waals surface area (Å²) in [4.78, 5) is 0. The van der Waals surface area contributed by atoms with Crippen LogP contribution in [-0.2, 0) is 13.2 Å². The zero-order valence-corrected chi connectivity index (χ0v) is 17.2. The predicted octanol–water partition coefficient (Wildman–Crippen LogP) is 5.91. The largest absolute Gasteiger partial charge is 0.489 e. The first kappa shape index (κ1) is 18.7. The van der Waals surface area contributed by atoms with E-state index < -0.39 is 0 Å². The Bertz CT molecular complexity index is 845. The van der Waals surface area contributed by atoms with Gasteiger partial charge in [0.25, 0.3) is 0 Å². The fourth-order valence-corrected chi connectivity index (χ4v) is 2.79. The van der Waals surface area contributed by atoms with E-state index in [-0.39, 0.29) is 0 Å². The molecule has 3 nitrogen and oxygen atoms in total. The van der Waals surface area contributed by atoms with Gasteiger partial charge in [-0.3, -0.25) is 0 Å². The minimum absolute atomic E-state index is 0.551. The fraction of sp³-hybridized carbons (Fsp3) is 0.0952. The van der Waals surface area contributed by atoms with Crippen molar-refractivity contribution in [3.05, 3.63) is 98.4 Å². The SMILES string of the molecule is Brc1ccc(CN/N=C/c2ccc(OCc3ccc(Br)cc3)cc2)cc1. The van der Waals surface area contributed by atoms with Crippen molar-refractivity contribution in [3.63, 3.8) is 0 Å². The molecule has 0 aliphatic rings. The van der Waals surface area contributed by atoms with E-state index in [2.05, 4.69) is 54.5 Å². The van der Waals surface area contributed by atoms with Crippen molar-refractivity contribution in [1.29, 1.82) is 0 Å². The summed E-state index contributed by atoms with van der Waals surface area (Å²) in [6.07, 6.45) is 1.80.